The lowest BCUT2D eigenvalue weighted by Gasteiger charge is -2.22. The molecule has 1 heterocycles. The zero-order valence-corrected chi connectivity index (χ0v) is 20.9. The van der Waals surface area contributed by atoms with Gasteiger partial charge in [0.15, 0.2) is 0 Å². The minimum absolute atomic E-state index is 0.0911. The summed E-state index contributed by atoms with van der Waals surface area (Å²) < 4.78 is 44.8. The van der Waals surface area contributed by atoms with Crippen LogP contribution in [0.4, 0.5) is 10.1 Å². The summed E-state index contributed by atoms with van der Waals surface area (Å²) in [7, 11) is -2.71. The second-order valence-electron chi connectivity index (χ2n) is 8.05. The Bertz CT molecular complexity index is 1610. The standard InChI is InChI=1S/C26H24FN5O4S/c1-19-25(26(34)32(30(19)2)21-12-5-3-6-13-21)31(37(35,36)22-14-7-4-8-15-22)18-24(33)29-28-17-20-11-9-10-16-23(20)27/h3-17H,18H2,1-2H3,(H,29,33)/b28-17-. The molecule has 4 rings (SSSR count). The highest BCUT2D eigenvalue weighted by Gasteiger charge is 2.33. The Morgan fingerprint density at radius 1 is 1.00 bits per heavy atom. The maximum atomic E-state index is 13.8. The van der Waals surface area contributed by atoms with E-state index in [0.717, 1.165) is 10.5 Å². The van der Waals surface area contributed by atoms with Gasteiger partial charge in [-0.1, -0.05) is 54.6 Å². The Labute approximate surface area is 213 Å². The molecule has 11 heteroatoms. The van der Waals surface area contributed by atoms with Gasteiger partial charge in [0.1, 0.15) is 18.0 Å². The fourth-order valence-corrected chi connectivity index (χ4v) is 5.26. The summed E-state index contributed by atoms with van der Waals surface area (Å²) in [5.74, 6) is -1.35. The van der Waals surface area contributed by atoms with Gasteiger partial charge in [-0.3, -0.25) is 14.3 Å². The highest BCUT2D eigenvalue weighted by molar-refractivity contribution is 7.92. The van der Waals surface area contributed by atoms with E-state index in [1.165, 1.54) is 39.7 Å². The second-order valence-corrected chi connectivity index (χ2v) is 9.91. The van der Waals surface area contributed by atoms with E-state index < -0.39 is 33.9 Å². The van der Waals surface area contributed by atoms with Crippen LogP contribution >= 0.6 is 0 Å². The van der Waals surface area contributed by atoms with Crippen molar-refractivity contribution in [1.29, 1.82) is 0 Å². The van der Waals surface area contributed by atoms with Crippen LogP contribution in [0.2, 0.25) is 0 Å². The van der Waals surface area contributed by atoms with E-state index in [-0.39, 0.29) is 16.1 Å². The molecule has 0 bridgehead atoms. The third kappa shape index (κ3) is 5.21. The van der Waals surface area contributed by atoms with Crippen molar-refractivity contribution in [2.24, 2.45) is 12.1 Å². The van der Waals surface area contributed by atoms with Crippen LogP contribution in [0.15, 0.2) is 99.7 Å². The number of amides is 1. The van der Waals surface area contributed by atoms with Gasteiger partial charge >= 0.3 is 0 Å². The molecule has 190 valence electrons. The molecule has 0 fully saturated rings. The number of hydrogen-bond donors (Lipinski definition) is 1. The summed E-state index contributed by atoms with van der Waals surface area (Å²) in [6, 6.07) is 22.1. The van der Waals surface area contributed by atoms with Crippen molar-refractivity contribution < 1.29 is 17.6 Å². The molecule has 0 aliphatic heterocycles. The number of benzene rings is 3. The van der Waals surface area contributed by atoms with E-state index in [4.69, 9.17) is 0 Å². The predicted molar refractivity (Wildman–Crippen MR) is 139 cm³/mol. The lowest BCUT2D eigenvalue weighted by molar-refractivity contribution is -0.119. The third-order valence-corrected chi connectivity index (χ3v) is 7.45. The first-order valence-corrected chi connectivity index (χ1v) is 12.6. The Kier molecular flexibility index (Phi) is 7.35. The molecular formula is C26H24FN5O4S. The van der Waals surface area contributed by atoms with Gasteiger partial charge in [-0.15, -0.1) is 0 Å². The number of carbonyl (C=O) groups excluding carboxylic acids is 1. The zero-order chi connectivity index (χ0) is 26.6. The van der Waals surface area contributed by atoms with Crippen LogP contribution in [-0.2, 0) is 21.9 Å². The van der Waals surface area contributed by atoms with Crippen LogP contribution in [0.25, 0.3) is 5.69 Å². The predicted octanol–water partition coefficient (Wildman–Crippen LogP) is 2.97. The number of aromatic nitrogens is 2. The minimum Gasteiger partial charge on any atom is -0.283 e. The molecule has 1 aromatic heterocycles. The molecule has 1 amide bonds. The zero-order valence-electron chi connectivity index (χ0n) is 20.1. The van der Waals surface area contributed by atoms with Crippen molar-refractivity contribution in [2.75, 3.05) is 10.8 Å². The number of nitrogens with zero attached hydrogens (tertiary/aromatic N) is 4. The van der Waals surface area contributed by atoms with Crippen LogP contribution < -0.4 is 15.3 Å². The molecule has 1 N–H and O–H groups in total. The number of rotatable bonds is 8. The van der Waals surface area contributed by atoms with Crippen LogP contribution in [0.5, 0.6) is 0 Å². The molecule has 0 spiro atoms. The van der Waals surface area contributed by atoms with E-state index in [0.29, 0.717) is 11.4 Å². The van der Waals surface area contributed by atoms with Crippen molar-refractivity contribution >= 4 is 27.8 Å². The van der Waals surface area contributed by atoms with E-state index in [9.17, 15) is 22.4 Å². The Hall–Kier alpha value is -4.51. The Balaban J connectivity index is 1.75. The smallest absolute Gasteiger partial charge is 0.283 e. The molecule has 0 atom stereocenters. The Morgan fingerprint density at radius 2 is 1.59 bits per heavy atom. The number of hydrogen-bond acceptors (Lipinski definition) is 5. The van der Waals surface area contributed by atoms with E-state index in [2.05, 4.69) is 10.5 Å². The first-order valence-electron chi connectivity index (χ1n) is 11.2. The van der Waals surface area contributed by atoms with E-state index in [1.54, 1.807) is 68.6 Å². The van der Waals surface area contributed by atoms with Gasteiger partial charge in [-0.25, -0.2) is 27.2 Å². The van der Waals surface area contributed by atoms with Gasteiger partial charge in [-0.2, -0.15) is 5.10 Å². The van der Waals surface area contributed by atoms with Crippen LogP contribution in [0.1, 0.15) is 11.3 Å². The van der Waals surface area contributed by atoms with E-state index >= 15 is 0 Å². The molecule has 0 radical (unpaired) electrons. The SMILES string of the molecule is Cc1c(N(CC(=O)N/N=C\c2ccccc2F)S(=O)(=O)c2ccccc2)c(=O)n(-c2ccccc2)n1C. The highest BCUT2D eigenvalue weighted by Crippen LogP contribution is 2.25. The van der Waals surface area contributed by atoms with Crippen molar-refractivity contribution in [1.82, 2.24) is 14.8 Å². The third-order valence-electron chi connectivity index (χ3n) is 5.69. The minimum atomic E-state index is -4.33. The van der Waals surface area contributed by atoms with Gasteiger partial charge in [0.2, 0.25) is 0 Å². The second kappa shape index (κ2) is 10.6. The number of nitrogens with one attached hydrogen (secondary N) is 1. The molecule has 3 aromatic carbocycles. The molecular weight excluding hydrogens is 497 g/mol. The first-order chi connectivity index (χ1) is 17.7. The van der Waals surface area contributed by atoms with E-state index in [1.807, 2.05) is 0 Å². The summed E-state index contributed by atoms with van der Waals surface area (Å²) in [6.45, 7) is 0.860. The highest BCUT2D eigenvalue weighted by atomic mass is 32.2. The average Bonchev–Trinajstić information content (AvgIpc) is 3.12. The van der Waals surface area contributed by atoms with Gasteiger partial charge in [0, 0.05) is 12.6 Å². The largest absolute Gasteiger partial charge is 0.296 e. The molecule has 0 saturated carbocycles. The average molecular weight is 522 g/mol. The van der Waals surface area contributed by atoms with Gasteiger partial charge in [-0.05, 0) is 37.3 Å². The molecule has 0 saturated heterocycles. The number of anilines is 1. The lowest BCUT2D eigenvalue weighted by Crippen LogP contribution is -2.42. The summed E-state index contributed by atoms with van der Waals surface area (Å²) >= 11 is 0. The van der Waals surface area contributed by atoms with Crippen molar-refractivity contribution in [3.05, 3.63) is 112 Å². The molecule has 9 nitrogen and oxygen atoms in total. The van der Waals surface area contributed by atoms with Crippen molar-refractivity contribution in [3.63, 3.8) is 0 Å². The Morgan fingerprint density at radius 3 is 2.24 bits per heavy atom. The molecule has 37 heavy (non-hydrogen) atoms. The summed E-state index contributed by atoms with van der Waals surface area (Å²) in [4.78, 5) is 26.3. The first kappa shape index (κ1) is 25.6. The fourth-order valence-electron chi connectivity index (χ4n) is 3.76. The summed E-state index contributed by atoms with van der Waals surface area (Å²) in [5.41, 5.74) is 2.42. The fraction of sp³-hybridized carbons (Fsp3) is 0.115. The maximum absolute atomic E-state index is 13.8. The molecule has 0 aliphatic carbocycles. The monoisotopic (exact) mass is 521 g/mol. The normalized spacial score (nSPS) is 11.5. The number of carbonyl (C=O) groups is 1. The number of para-hydroxylation sites is 1. The molecule has 0 unspecified atom stereocenters. The van der Waals surface area contributed by atoms with Crippen LogP contribution in [0, 0.1) is 12.7 Å². The summed E-state index contributed by atoms with van der Waals surface area (Å²) in [5, 5.41) is 3.74. The van der Waals surface area contributed by atoms with Gasteiger partial charge in [0.05, 0.1) is 22.5 Å². The quantitative estimate of drug-likeness (QED) is 0.284. The molecule has 4 aromatic rings. The van der Waals surface area contributed by atoms with Gasteiger partial charge in [0.25, 0.3) is 21.5 Å². The van der Waals surface area contributed by atoms with Crippen molar-refractivity contribution in [2.45, 2.75) is 11.8 Å². The maximum Gasteiger partial charge on any atom is 0.296 e. The van der Waals surface area contributed by atoms with Gasteiger partial charge < -0.3 is 0 Å². The number of halogens is 1. The summed E-state index contributed by atoms with van der Waals surface area (Å²) in [6.07, 6.45) is 1.11. The molecule has 0 aliphatic rings. The number of sulfonamides is 1. The topological polar surface area (TPSA) is 106 Å². The van der Waals surface area contributed by atoms with Crippen LogP contribution in [0.3, 0.4) is 0 Å². The van der Waals surface area contributed by atoms with Crippen LogP contribution in [-0.4, -0.2) is 36.4 Å². The van der Waals surface area contributed by atoms with Crippen molar-refractivity contribution in [3.8, 4) is 5.69 Å². The number of hydrazone groups is 1. The lowest BCUT2D eigenvalue weighted by atomic mass is 10.2.